The normalized spacial score (nSPS) is 12.1. The largest absolute Gasteiger partial charge is 0.479 e. The minimum atomic E-state index is -1.46. The van der Waals surface area contributed by atoms with Crippen LogP contribution in [-0.4, -0.2) is 39.7 Å². The van der Waals surface area contributed by atoms with E-state index in [1.807, 2.05) is 17.5 Å². The van der Waals surface area contributed by atoms with Crippen molar-refractivity contribution in [3.8, 4) is 9.88 Å². The van der Waals surface area contributed by atoms with Gasteiger partial charge in [-0.3, -0.25) is 4.79 Å². The van der Waals surface area contributed by atoms with Crippen LogP contribution in [0.2, 0.25) is 0 Å². The number of rotatable bonds is 6. The monoisotopic (exact) mass is 326 g/mol. The van der Waals surface area contributed by atoms with Gasteiger partial charge in [-0.05, 0) is 18.4 Å². The number of thiophene rings is 1. The zero-order chi connectivity index (χ0) is 15.4. The quantitative estimate of drug-likeness (QED) is 0.751. The molecule has 0 spiro atoms. The van der Waals surface area contributed by atoms with Crippen LogP contribution in [-0.2, 0) is 4.79 Å². The van der Waals surface area contributed by atoms with Crippen LogP contribution in [0, 0.1) is 6.92 Å². The number of nitrogens with zero attached hydrogens (tertiary/aromatic N) is 1. The number of carbonyl (C=O) groups excluding carboxylic acids is 1. The van der Waals surface area contributed by atoms with Gasteiger partial charge >= 0.3 is 5.97 Å². The number of hydrogen-bond acceptors (Lipinski definition) is 6. The van der Waals surface area contributed by atoms with Gasteiger partial charge in [0.05, 0.1) is 10.6 Å². The fourth-order valence-corrected chi connectivity index (χ4v) is 3.42. The van der Waals surface area contributed by atoms with Crippen LogP contribution in [0.3, 0.4) is 0 Å². The molecule has 0 aliphatic rings. The van der Waals surface area contributed by atoms with Gasteiger partial charge in [-0.25, -0.2) is 9.78 Å². The summed E-state index contributed by atoms with van der Waals surface area (Å²) in [7, 11) is 0. The van der Waals surface area contributed by atoms with Crippen LogP contribution in [0.4, 0.5) is 0 Å². The number of carboxylic acid groups (broad SMARTS) is 1. The SMILES string of the molecule is Cc1nc(-c2cccs2)sc1C(=O)NCCC(O)C(=O)O. The number of aliphatic hydroxyl groups is 1. The lowest BCUT2D eigenvalue weighted by atomic mass is 10.2. The third kappa shape index (κ3) is 3.87. The number of hydrogen-bond donors (Lipinski definition) is 3. The Morgan fingerprint density at radius 2 is 2.24 bits per heavy atom. The molecule has 2 aromatic heterocycles. The first-order valence-corrected chi connectivity index (χ1v) is 7.89. The van der Waals surface area contributed by atoms with Gasteiger partial charge in [0.1, 0.15) is 9.88 Å². The molecule has 2 heterocycles. The number of aliphatic carboxylic acids is 1. The molecule has 0 bridgehead atoms. The highest BCUT2D eigenvalue weighted by Gasteiger charge is 2.18. The Balaban J connectivity index is 1.98. The maximum absolute atomic E-state index is 12.0. The minimum absolute atomic E-state index is 0.0310. The zero-order valence-corrected chi connectivity index (χ0v) is 12.8. The molecule has 21 heavy (non-hydrogen) atoms. The molecule has 0 fully saturated rings. The molecular formula is C13H14N2O4S2. The van der Waals surface area contributed by atoms with E-state index in [4.69, 9.17) is 10.2 Å². The molecule has 0 saturated carbocycles. The van der Waals surface area contributed by atoms with Gasteiger partial charge in [-0.1, -0.05) is 6.07 Å². The lowest BCUT2D eigenvalue weighted by molar-refractivity contribution is -0.146. The Hall–Kier alpha value is -1.77. The van der Waals surface area contributed by atoms with Gasteiger partial charge < -0.3 is 15.5 Å². The maximum atomic E-state index is 12.0. The summed E-state index contributed by atoms with van der Waals surface area (Å²) in [4.78, 5) is 28.4. The molecule has 8 heteroatoms. The van der Waals surface area contributed by atoms with Crippen LogP contribution < -0.4 is 5.32 Å². The maximum Gasteiger partial charge on any atom is 0.332 e. The summed E-state index contributed by atoms with van der Waals surface area (Å²) in [6, 6.07) is 3.86. The van der Waals surface area contributed by atoms with Crippen LogP contribution in [0.5, 0.6) is 0 Å². The van der Waals surface area contributed by atoms with E-state index in [9.17, 15) is 9.59 Å². The Labute approximate surface area is 129 Å². The van der Waals surface area contributed by atoms with E-state index in [-0.39, 0.29) is 18.9 Å². The van der Waals surface area contributed by atoms with Crippen molar-refractivity contribution in [1.82, 2.24) is 10.3 Å². The summed E-state index contributed by atoms with van der Waals surface area (Å²) in [6.07, 6.45) is -1.49. The minimum Gasteiger partial charge on any atom is -0.479 e. The zero-order valence-electron chi connectivity index (χ0n) is 11.2. The van der Waals surface area contributed by atoms with Gasteiger partial charge in [0.2, 0.25) is 0 Å². The van der Waals surface area contributed by atoms with E-state index in [1.54, 1.807) is 18.3 Å². The molecule has 0 aromatic carbocycles. The van der Waals surface area contributed by atoms with Crippen LogP contribution in [0.25, 0.3) is 9.88 Å². The molecule has 3 N–H and O–H groups in total. The van der Waals surface area contributed by atoms with Gasteiger partial charge in [0.25, 0.3) is 5.91 Å². The first-order valence-electron chi connectivity index (χ1n) is 6.19. The number of carbonyl (C=O) groups is 2. The number of aliphatic hydroxyl groups excluding tert-OH is 1. The second kappa shape index (κ2) is 6.79. The van der Waals surface area contributed by atoms with Crippen molar-refractivity contribution in [2.24, 2.45) is 0 Å². The lowest BCUT2D eigenvalue weighted by Gasteiger charge is -2.06. The second-order valence-corrected chi connectivity index (χ2v) is 6.26. The van der Waals surface area contributed by atoms with Crippen molar-refractivity contribution in [2.45, 2.75) is 19.4 Å². The van der Waals surface area contributed by atoms with E-state index in [0.717, 1.165) is 9.88 Å². The van der Waals surface area contributed by atoms with E-state index >= 15 is 0 Å². The third-order valence-corrected chi connectivity index (χ3v) is 4.92. The van der Waals surface area contributed by atoms with E-state index in [2.05, 4.69) is 10.3 Å². The summed E-state index contributed by atoms with van der Waals surface area (Å²) in [5.74, 6) is -1.59. The highest BCUT2D eigenvalue weighted by atomic mass is 32.1. The van der Waals surface area contributed by atoms with Crippen molar-refractivity contribution in [2.75, 3.05) is 6.54 Å². The molecule has 112 valence electrons. The molecule has 1 unspecified atom stereocenters. The predicted molar refractivity (Wildman–Crippen MR) is 80.8 cm³/mol. The highest BCUT2D eigenvalue weighted by Crippen LogP contribution is 2.30. The van der Waals surface area contributed by atoms with Crippen LogP contribution in [0.15, 0.2) is 17.5 Å². The average Bonchev–Trinajstić information content (AvgIpc) is 3.07. The van der Waals surface area contributed by atoms with Crippen molar-refractivity contribution in [3.63, 3.8) is 0 Å². The molecule has 2 aromatic rings. The molecule has 6 nitrogen and oxygen atoms in total. The molecule has 1 amide bonds. The second-order valence-electron chi connectivity index (χ2n) is 4.31. The lowest BCUT2D eigenvalue weighted by Crippen LogP contribution is -2.29. The predicted octanol–water partition coefficient (Wildman–Crippen LogP) is 1.75. The number of carboxylic acids is 1. The summed E-state index contributed by atoms with van der Waals surface area (Å²) in [5, 5.41) is 23.0. The Bertz CT molecular complexity index is 637. The first-order chi connectivity index (χ1) is 9.99. The summed E-state index contributed by atoms with van der Waals surface area (Å²) in [5.41, 5.74) is 0.639. The Kier molecular flexibility index (Phi) is 5.05. The van der Waals surface area contributed by atoms with Crippen molar-refractivity contribution >= 4 is 34.6 Å². The Morgan fingerprint density at radius 3 is 2.86 bits per heavy atom. The standard InChI is InChI=1S/C13H14N2O4S2/c1-7-10(11(17)14-5-4-8(16)13(18)19)21-12(15-7)9-3-2-6-20-9/h2-3,6,8,16H,4-5H2,1H3,(H,14,17)(H,18,19). The molecule has 0 radical (unpaired) electrons. The number of aromatic nitrogens is 1. The fourth-order valence-electron chi connectivity index (χ4n) is 1.64. The van der Waals surface area contributed by atoms with Crippen LogP contribution >= 0.6 is 22.7 Å². The Morgan fingerprint density at radius 1 is 1.48 bits per heavy atom. The van der Waals surface area contributed by atoms with E-state index in [1.165, 1.54) is 11.3 Å². The van der Waals surface area contributed by atoms with Gasteiger partial charge in [-0.15, -0.1) is 22.7 Å². The van der Waals surface area contributed by atoms with Gasteiger partial charge in [0, 0.05) is 13.0 Å². The van der Waals surface area contributed by atoms with E-state index < -0.39 is 12.1 Å². The van der Waals surface area contributed by atoms with Gasteiger partial charge in [-0.2, -0.15) is 0 Å². The molecule has 2 rings (SSSR count). The number of aryl methyl sites for hydroxylation is 1. The number of nitrogens with one attached hydrogen (secondary N) is 1. The van der Waals surface area contributed by atoms with E-state index in [0.29, 0.717) is 10.6 Å². The van der Waals surface area contributed by atoms with Crippen molar-refractivity contribution in [1.29, 1.82) is 0 Å². The number of amides is 1. The topological polar surface area (TPSA) is 99.5 Å². The summed E-state index contributed by atoms with van der Waals surface area (Å²) in [6.45, 7) is 1.85. The average molecular weight is 326 g/mol. The first kappa shape index (κ1) is 15.6. The smallest absolute Gasteiger partial charge is 0.332 e. The van der Waals surface area contributed by atoms with Gasteiger partial charge in [0.15, 0.2) is 6.10 Å². The molecule has 0 aliphatic carbocycles. The van der Waals surface area contributed by atoms with Crippen LogP contribution in [0.1, 0.15) is 21.8 Å². The van der Waals surface area contributed by atoms with Crippen molar-refractivity contribution in [3.05, 3.63) is 28.1 Å². The molecule has 1 atom stereocenters. The summed E-state index contributed by atoms with van der Waals surface area (Å²) >= 11 is 2.85. The fraction of sp³-hybridized carbons (Fsp3) is 0.308. The molecular weight excluding hydrogens is 312 g/mol. The number of thiazole rings is 1. The van der Waals surface area contributed by atoms with Crippen molar-refractivity contribution < 1.29 is 19.8 Å². The summed E-state index contributed by atoms with van der Waals surface area (Å²) < 4.78 is 0. The molecule has 0 saturated heterocycles. The third-order valence-electron chi connectivity index (χ3n) is 2.72. The highest BCUT2D eigenvalue weighted by molar-refractivity contribution is 7.22. The molecule has 0 aliphatic heterocycles.